The van der Waals surface area contributed by atoms with E-state index in [2.05, 4.69) is 51.3 Å². The Labute approximate surface area is 135 Å². The molecule has 4 nitrogen and oxygen atoms in total. The van der Waals surface area contributed by atoms with Crippen LogP contribution in [0.3, 0.4) is 0 Å². The molecule has 0 bridgehead atoms. The van der Waals surface area contributed by atoms with E-state index in [1.54, 1.807) is 7.11 Å². The Morgan fingerprint density at radius 2 is 1.86 bits per heavy atom. The number of ether oxygens (including phenoxy) is 1. The number of hydrogen-bond acceptors (Lipinski definition) is 2. The lowest BCUT2D eigenvalue weighted by molar-refractivity contribution is 0.406. The van der Waals surface area contributed by atoms with Crippen molar-refractivity contribution in [2.45, 2.75) is 46.6 Å². The number of nitrogens with zero attached hydrogens (tertiary/aromatic N) is 1. The zero-order chi connectivity index (χ0) is 16.5. The third kappa shape index (κ3) is 5.58. The van der Waals surface area contributed by atoms with Crippen molar-refractivity contribution in [3.63, 3.8) is 0 Å². The standard InChI is InChI=1S/C18H31N3O/c1-7-19-18(21-15(5)13(2)3)20-12-14(4)16-10-8-9-11-17(16)22-6/h8-11,13-15H,7,12H2,1-6H3,(H2,19,20,21). The van der Waals surface area contributed by atoms with Crippen molar-refractivity contribution in [3.8, 4) is 5.75 Å². The fourth-order valence-corrected chi connectivity index (χ4v) is 2.10. The SMILES string of the molecule is CCNC(=NCC(C)c1ccccc1OC)NC(C)C(C)C. The summed E-state index contributed by atoms with van der Waals surface area (Å²) in [6.07, 6.45) is 0. The number of benzene rings is 1. The molecule has 1 aromatic rings. The highest BCUT2D eigenvalue weighted by Gasteiger charge is 2.12. The second-order valence-corrected chi connectivity index (χ2v) is 6.04. The molecule has 0 aliphatic heterocycles. The Kier molecular flexibility index (Phi) is 7.78. The molecule has 2 unspecified atom stereocenters. The quantitative estimate of drug-likeness (QED) is 0.599. The summed E-state index contributed by atoms with van der Waals surface area (Å²) < 4.78 is 5.44. The van der Waals surface area contributed by atoms with E-state index in [4.69, 9.17) is 9.73 Å². The lowest BCUT2D eigenvalue weighted by Crippen LogP contribution is -2.44. The van der Waals surface area contributed by atoms with E-state index in [0.29, 0.717) is 17.9 Å². The van der Waals surface area contributed by atoms with E-state index in [-0.39, 0.29) is 0 Å². The molecule has 0 aliphatic rings. The summed E-state index contributed by atoms with van der Waals surface area (Å²) in [4.78, 5) is 4.73. The summed E-state index contributed by atoms with van der Waals surface area (Å²) in [5.74, 6) is 2.68. The normalized spacial score (nSPS) is 14.6. The van der Waals surface area contributed by atoms with E-state index < -0.39 is 0 Å². The van der Waals surface area contributed by atoms with Crippen molar-refractivity contribution >= 4 is 5.96 Å². The highest BCUT2D eigenvalue weighted by Crippen LogP contribution is 2.26. The van der Waals surface area contributed by atoms with Crippen LogP contribution in [0.5, 0.6) is 5.75 Å². The molecule has 124 valence electrons. The number of para-hydroxylation sites is 1. The maximum Gasteiger partial charge on any atom is 0.191 e. The molecule has 4 heteroatoms. The van der Waals surface area contributed by atoms with E-state index in [9.17, 15) is 0 Å². The van der Waals surface area contributed by atoms with Gasteiger partial charge in [-0.05, 0) is 31.4 Å². The van der Waals surface area contributed by atoms with Gasteiger partial charge >= 0.3 is 0 Å². The molecule has 2 atom stereocenters. The molecule has 22 heavy (non-hydrogen) atoms. The molecule has 0 heterocycles. The number of hydrogen-bond donors (Lipinski definition) is 2. The molecule has 1 rings (SSSR count). The van der Waals surface area contributed by atoms with Gasteiger partial charge < -0.3 is 15.4 Å². The first kappa shape index (κ1) is 18.3. The molecule has 0 radical (unpaired) electrons. The second kappa shape index (κ2) is 9.34. The van der Waals surface area contributed by atoms with Crippen LogP contribution in [0.25, 0.3) is 0 Å². The summed E-state index contributed by atoms with van der Waals surface area (Å²) in [6, 6.07) is 8.53. The molecular formula is C18H31N3O. The Hall–Kier alpha value is -1.71. The summed E-state index contributed by atoms with van der Waals surface area (Å²) in [7, 11) is 1.71. The maximum atomic E-state index is 5.44. The molecule has 0 aliphatic carbocycles. The van der Waals surface area contributed by atoms with Crippen LogP contribution in [0, 0.1) is 5.92 Å². The second-order valence-electron chi connectivity index (χ2n) is 6.04. The first-order chi connectivity index (χ1) is 10.5. The Morgan fingerprint density at radius 3 is 2.45 bits per heavy atom. The molecule has 1 aromatic carbocycles. The van der Waals surface area contributed by atoms with Crippen LogP contribution in [-0.2, 0) is 0 Å². The molecule has 2 N–H and O–H groups in total. The monoisotopic (exact) mass is 305 g/mol. The van der Waals surface area contributed by atoms with E-state index in [1.807, 2.05) is 18.2 Å². The van der Waals surface area contributed by atoms with Crippen LogP contribution in [0.15, 0.2) is 29.3 Å². The van der Waals surface area contributed by atoms with Crippen molar-refractivity contribution in [1.29, 1.82) is 0 Å². The van der Waals surface area contributed by atoms with E-state index in [1.165, 1.54) is 5.56 Å². The highest BCUT2D eigenvalue weighted by atomic mass is 16.5. The predicted octanol–water partition coefficient (Wildman–Crippen LogP) is 3.40. The van der Waals surface area contributed by atoms with Gasteiger partial charge in [0.15, 0.2) is 5.96 Å². The third-order valence-electron chi connectivity index (χ3n) is 3.90. The van der Waals surface area contributed by atoms with Gasteiger partial charge in [-0.3, -0.25) is 4.99 Å². The molecule has 0 spiro atoms. The Balaban J connectivity index is 2.76. The first-order valence-electron chi connectivity index (χ1n) is 8.17. The maximum absolute atomic E-state index is 5.44. The minimum absolute atomic E-state index is 0.306. The number of rotatable bonds is 7. The molecular weight excluding hydrogens is 274 g/mol. The van der Waals surface area contributed by atoms with Gasteiger partial charge in [-0.15, -0.1) is 0 Å². The van der Waals surface area contributed by atoms with Gasteiger partial charge in [-0.25, -0.2) is 0 Å². The van der Waals surface area contributed by atoms with Crippen molar-refractivity contribution in [1.82, 2.24) is 10.6 Å². The highest BCUT2D eigenvalue weighted by molar-refractivity contribution is 5.80. The first-order valence-corrected chi connectivity index (χ1v) is 8.17. The predicted molar refractivity (Wildman–Crippen MR) is 94.8 cm³/mol. The van der Waals surface area contributed by atoms with Crippen molar-refractivity contribution in [3.05, 3.63) is 29.8 Å². The van der Waals surface area contributed by atoms with E-state index >= 15 is 0 Å². The van der Waals surface area contributed by atoms with Gasteiger partial charge in [0, 0.05) is 25.0 Å². The zero-order valence-corrected chi connectivity index (χ0v) is 14.8. The fourth-order valence-electron chi connectivity index (χ4n) is 2.10. The number of guanidine groups is 1. The van der Waals surface area contributed by atoms with Crippen LogP contribution in [0.2, 0.25) is 0 Å². The summed E-state index contributed by atoms with van der Waals surface area (Å²) in [6.45, 7) is 12.4. The lowest BCUT2D eigenvalue weighted by Gasteiger charge is -2.21. The molecule has 0 saturated carbocycles. The lowest BCUT2D eigenvalue weighted by atomic mass is 10.0. The number of nitrogens with one attached hydrogen (secondary N) is 2. The van der Waals surface area contributed by atoms with Gasteiger partial charge in [0.2, 0.25) is 0 Å². The van der Waals surface area contributed by atoms with Gasteiger partial charge in [-0.2, -0.15) is 0 Å². The minimum atomic E-state index is 0.306. The average molecular weight is 305 g/mol. The molecule has 0 saturated heterocycles. The number of aliphatic imine (C=N–C) groups is 1. The van der Waals surface area contributed by atoms with Crippen molar-refractivity contribution in [2.75, 3.05) is 20.2 Å². The van der Waals surface area contributed by atoms with Crippen LogP contribution in [0.1, 0.15) is 46.1 Å². The third-order valence-corrected chi connectivity index (χ3v) is 3.90. The van der Waals surface area contributed by atoms with Gasteiger partial charge in [0.25, 0.3) is 0 Å². The Morgan fingerprint density at radius 1 is 1.18 bits per heavy atom. The van der Waals surface area contributed by atoms with Gasteiger partial charge in [0.05, 0.1) is 7.11 Å². The van der Waals surface area contributed by atoms with Crippen LogP contribution >= 0.6 is 0 Å². The van der Waals surface area contributed by atoms with Gasteiger partial charge in [0.1, 0.15) is 5.75 Å². The smallest absolute Gasteiger partial charge is 0.191 e. The summed E-state index contributed by atoms with van der Waals surface area (Å²) in [5.41, 5.74) is 1.20. The average Bonchev–Trinajstić information content (AvgIpc) is 2.52. The number of methoxy groups -OCH3 is 1. The molecule has 0 amide bonds. The van der Waals surface area contributed by atoms with Crippen LogP contribution < -0.4 is 15.4 Å². The molecule has 0 fully saturated rings. The largest absolute Gasteiger partial charge is 0.496 e. The van der Waals surface area contributed by atoms with Crippen molar-refractivity contribution < 1.29 is 4.74 Å². The summed E-state index contributed by atoms with van der Waals surface area (Å²) in [5, 5.41) is 6.77. The van der Waals surface area contributed by atoms with Crippen molar-refractivity contribution in [2.24, 2.45) is 10.9 Å². The Bertz CT molecular complexity index is 471. The van der Waals surface area contributed by atoms with Crippen LogP contribution in [0.4, 0.5) is 0 Å². The topological polar surface area (TPSA) is 45.7 Å². The zero-order valence-electron chi connectivity index (χ0n) is 14.8. The van der Waals surface area contributed by atoms with E-state index in [0.717, 1.165) is 24.8 Å². The minimum Gasteiger partial charge on any atom is -0.496 e. The van der Waals surface area contributed by atoms with Crippen LogP contribution in [-0.4, -0.2) is 32.2 Å². The summed E-state index contributed by atoms with van der Waals surface area (Å²) >= 11 is 0. The van der Waals surface area contributed by atoms with Gasteiger partial charge in [-0.1, -0.05) is 39.0 Å². The molecule has 0 aromatic heterocycles. The fraction of sp³-hybridized carbons (Fsp3) is 0.611.